The van der Waals surface area contributed by atoms with Crippen LogP contribution in [0.2, 0.25) is 0 Å². The molecular weight excluding hydrogens is 728 g/mol. The van der Waals surface area contributed by atoms with E-state index in [0.717, 1.165) is 49.6 Å². The van der Waals surface area contributed by atoms with Crippen LogP contribution >= 0.6 is 0 Å². The van der Waals surface area contributed by atoms with E-state index in [4.69, 9.17) is 37.9 Å². The molecule has 1 fully saturated rings. The van der Waals surface area contributed by atoms with Gasteiger partial charge in [-0.25, -0.2) is 28.8 Å². The lowest BCUT2D eigenvalue weighted by molar-refractivity contribution is -0.164. The molecule has 5 atom stereocenters. The molecule has 0 aromatic rings. The maximum Gasteiger partial charge on any atom is 0.407 e. The number of carbonyl (C=O) groups excluding carboxylic acids is 6. The van der Waals surface area contributed by atoms with E-state index in [0.29, 0.717) is 6.42 Å². The van der Waals surface area contributed by atoms with Crippen LogP contribution in [0.4, 0.5) is 9.59 Å². The van der Waals surface area contributed by atoms with Crippen molar-refractivity contribution in [2.75, 3.05) is 59.3 Å². The van der Waals surface area contributed by atoms with Gasteiger partial charge in [-0.05, 0) is 37.2 Å². The monoisotopic (exact) mass is 778 g/mol. The van der Waals surface area contributed by atoms with Crippen molar-refractivity contribution in [3.63, 3.8) is 0 Å². The van der Waals surface area contributed by atoms with Crippen LogP contribution in [0.5, 0.6) is 0 Å². The van der Waals surface area contributed by atoms with Crippen molar-refractivity contribution in [3.05, 3.63) is 75.1 Å². The topological polar surface area (TPSA) is 241 Å². The summed E-state index contributed by atoms with van der Waals surface area (Å²) in [5.74, 6) is -3.06. The quantitative estimate of drug-likeness (QED) is 0.0340. The highest BCUT2D eigenvalue weighted by Crippen LogP contribution is 2.37. The molecule has 1 aliphatic carbocycles. The molecule has 304 valence electrons. The normalized spacial score (nSPS) is 19.0. The first-order valence-corrected chi connectivity index (χ1v) is 17.2. The second kappa shape index (κ2) is 23.4. The Bertz CT molecular complexity index is 1380. The number of hydrogen-bond acceptors (Lipinski definition) is 16. The summed E-state index contributed by atoms with van der Waals surface area (Å²) in [7, 11) is 0. The molecule has 2 aliphatic rings. The lowest BCUT2D eigenvalue weighted by atomic mass is 9.81. The minimum atomic E-state index is -1.48. The zero-order valence-electron chi connectivity index (χ0n) is 30.6. The van der Waals surface area contributed by atoms with Gasteiger partial charge in [0.1, 0.15) is 56.2 Å². The first kappa shape index (κ1) is 45.7. The van der Waals surface area contributed by atoms with Gasteiger partial charge >= 0.3 is 36.1 Å². The van der Waals surface area contributed by atoms with Crippen LogP contribution in [-0.4, -0.2) is 118 Å². The number of ether oxygens (including phenoxy) is 8. The van der Waals surface area contributed by atoms with Crippen molar-refractivity contribution in [3.8, 4) is 0 Å². The highest BCUT2D eigenvalue weighted by Gasteiger charge is 2.45. The molecule has 18 nitrogen and oxygen atoms in total. The van der Waals surface area contributed by atoms with Gasteiger partial charge in [0.05, 0.1) is 6.61 Å². The number of aliphatic hydroxyl groups excluding tert-OH is 2. The summed E-state index contributed by atoms with van der Waals surface area (Å²) in [5, 5.41) is 25.0. The van der Waals surface area contributed by atoms with E-state index < -0.39 is 99.1 Å². The van der Waals surface area contributed by atoms with Crippen LogP contribution in [0.1, 0.15) is 25.7 Å². The van der Waals surface area contributed by atoms with Gasteiger partial charge in [-0.15, -0.1) is 0 Å². The van der Waals surface area contributed by atoms with Gasteiger partial charge in [0.15, 0.2) is 6.29 Å². The SMILES string of the molecule is C=CC(=O)OCC(COC(=O)C=C)(COC(=O)C=C)COC(=O)NCC1CCCC(CNC(=O)OCC(COC(=O)C=C)(COC(O)C=C)C2=CC(O)O2)C1. The third kappa shape index (κ3) is 16.2. The van der Waals surface area contributed by atoms with Gasteiger partial charge < -0.3 is 58.7 Å². The van der Waals surface area contributed by atoms with Crippen LogP contribution in [0.15, 0.2) is 75.1 Å². The molecule has 0 saturated heterocycles. The largest absolute Gasteiger partial charge is 0.465 e. The Morgan fingerprint density at radius 3 is 1.53 bits per heavy atom. The van der Waals surface area contributed by atoms with Gasteiger partial charge in [0.25, 0.3) is 0 Å². The zero-order valence-corrected chi connectivity index (χ0v) is 30.6. The number of nitrogens with one attached hydrogen (secondary N) is 2. The molecule has 1 heterocycles. The van der Waals surface area contributed by atoms with E-state index in [1.807, 2.05) is 0 Å². The summed E-state index contributed by atoms with van der Waals surface area (Å²) in [6, 6.07) is 0. The minimum absolute atomic E-state index is 0.0132. The van der Waals surface area contributed by atoms with Gasteiger partial charge in [-0.2, -0.15) is 0 Å². The first-order chi connectivity index (χ1) is 26.2. The summed E-state index contributed by atoms with van der Waals surface area (Å²) in [6.07, 6.45) is 4.82. The fourth-order valence-electron chi connectivity index (χ4n) is 5.33. The van der Waals surface area contributed by atoms with Gasteiger partial charge in [-0.3, -0.25) is 0 Å². The molecule has 18 heteroatoms. The van der Waals surface area contributed by atoms with E-state index in [1.54, 1.807) is 0 Å². The molecule has 4 N–H and O–H groups in total. The highest BCUT2D eigenvalue weighted by atomic mass is 16.6. The van der Waals surface area contributed by atoms with Crippen molar-refractivity contribution in [2.45, 2.75) is 38.3 Å². The highest BCUT2D eigenvalue weighted by molar-refractivity contribution is 5.82. The lowest BCUT2D eigenvalue weighted by Crippen LogP contribution is -2.46. The maximum atomic E-state index is 12.8. The Morgan fingerprint density at radius 2 is 1.11 bits per heavy atom. The molecule has 2 amide bonds. The summed E-state index contributed by atoms with van der Waals surface area (Å²) in [4.78, 5) is 72.9. The summed E-state index contributed by atoms with van der Waals surface area (Å²) in [5.41, 5.74) is -2.90. The Balaban J connectivity index is 1.97. The average molecular weight is 779 g/mol. The molecule has 1 saturated carbocycles. The van der Waals surface area contributed by atoms with E-state index >= 15 is 0 Å². The molecule has 2 rings (SSSR count). The fraction of sp³-hybridized carbons (Fsp3) is 0.514. The van der Waals surface area contributed by atoms with Crippen LogP contribution in [0.3, 0.4) is 0 Å². The zero-order chi connectivity index (χ0) is 40.9. The second-order valence-electron chi connectivity index (χ2n) is 12.8. The van der Waals surface area contributed by atoms with Gasteiger partial charge in [-0.1, -0.05) is 39.3 Å². The van der Waals surface area contributed by atoms with Crippen molar-refractivity contribution in [1.82, 2.24) is 10.6 Å². The number of alkyl carbamates (subject to hydrolysis) is 2. The Hall–Kier alpha value is -5.46. The minimum Gasteiger partial charge on any atom is -0.465 e. The molecule has 5 unspecified atom stereocenters. The number of carbonyl (C=O) groups is 6. The Labute approximate surface area is 318 Å². The molecule has 0 aromatic heterocycles. The van der Waals surface area contributed by atoms with E-state index in [2.05, 4.69) is 43.5 Å². The Kier molecular flexibility index (Phi) is 19.4. The first-order valence-electron chi connectivity index (χ1n) is 17.2. The van der Waals surface area contributed by atoms with E-state index in [-0.39, 0.29) is 37.3 Å². The van der Waals surface area contributed by atoms with Crippen molar-refractivity contribution < 1.29 is 76.9 Å². The van der Waals surface area contributed by atoms with Crippen LogP contribution in [0, 0.1) is 22.7 Å². The van der Waals surface area contributed by atoms with Crippen molar-refractivity contribution in [2.24, 2.45) is 22.7 Å². The fourth-order valence-corrected chi connectivity index (χ4v) is 5.33. The summed E-state index contributed by atoms with van der Waals surface area (Å²) in [6.45, 7) is 14.2. The lowest BCUT2D eigenvalue weighted by Gasteiger charge is -2.39. The second-order valence-corrected chi connectivity index (χ2v) is 12.8. The van der Waals surface area contributed by atoms with E-state index in [9.17, 15) is 39.0 Å². The van der Waals surface area contributed by atoms with Crippen molar-refractivity contribution >= 4 is 36.1 Å². The third-order valence-corrected chi connectivity index (χ3v) is 8.47. The molecule has 0 aromatic carbocycles. The average Bonchev–Trinajstić information content (AvgIpc) is 3.19. The number of rotatable bonds is 25. The smallest absolute Gasteiger partial charge is 0.407 e. The van der Waals surface area contributed by atoms with Gasteiger partial charge in [0, 0.05) is 43.5 Å². The van der Waals surface area contributed by atoms with E-state index in [1.165, 1.54) is 6.08 Å². The number of amides is 2. The van der Waals surface area contributed by atoms with Crippen LogP contribution < -0.4 is 10.6 Å². The molecule has 0 bridgehead atoms. The third-order valence-electron chi connectivity index (χ3n) is 8.47. The molecule has 55 heavy (non-hydrogen) atoms. The van der Waals surface area contributed by atoms with Gasteiger partial charge in [0.2, 0.25) is 6.29 Å². The predicted molar refractivity (Wildman–Crippen MR) is 191 cm³/mol. The summed E-state index contributed by atoms with van der Waals surface area (Å²) >= 11 is 0. The molecular formula is C37H50N2O16. The Morgan fingerprint density at radius 1 is 0.709 bits per heavy atom. The predicted octanol–water partition coefficient (Wildman–Crippen LogP) is 1.89. The van der Waals surface area contributed by atoms with Crippen LogP contribution in [0.25, 0.3) is 0 Å². The number of aliphatic hydroxyl groups is 2. The molecule has 1 aliphatic heterocycles. The molecule has 0 radical (unpaired) electrons. The van der Waals surface area contributed by atoms with Crippen molar-refractivity contribution in [1.29, 1.82) is 0 Å². The number of hydrogen-bond donors (Lipinski definition) is 4. The maximum absolute atomic E-state index is 12.8. The standard InChI is InChI=1S/C37H50N2O16/c1-6-28(40)48-18-36(19-49-29(41)7-2,20-50-30(42)8-3)21-53-34(46)38-16-25-12-11-13-26(14-25)17-39-35(47)54-24-37(22-51-31(43)9-4,23-52-32(44)10-5)27-15-33(45)55-27/h6-10,15,25-26,31,33,43,45H,1-5,11-14,16-24H2,(H,38,46)(H,39,47). The van der Waals surface area contributed by atoms with Crippen LogP contribution in [-0.2, 0) is 57.1 Å². The number of esters is 4. The summed E-state index contributed by atoms with van der Waals surface area (Å²) < 4.78 is 42.1. The molecule has 0 spiro atoms.